The SMILES string of the molecule is CCCCC(c1ccccc1)C(O)(O)c1ccccc1.Cl.Cl. The number of aliphatic hydroxyl groups is 2. The smallest absolute Gasteiger partial charge is 0.196 e. The second-order valence-corrected chi connectivity index (χ2v) is 5.20. The van der Waals surface area contributed by atoms with Crippen molar-refractivity contribution in [2.24, 2.45) is 0 Å². The van der Waals surface area contributed by atoms with E-state index in [2.05, 4.69) is 6.92 Å². The second kappa shape index (κ2) is 9.86. The van der Waals surface area contributed by atoms with Gasteiger partial charge in [-0.3, -0.25) is 0 Å². The highest BCUT2D eigenvalue weighted by Gasteiger charge is 2.36. The number of benzene rings is 2. The van der Waals surface area contributed by atoms with Crippen molar-refractivity contribution in [3.8, 4) is 0 Å². The topological polar surface area (TPSA) is 40.5 Å². The summed E-state index contributed by atoms with van der Waals surface area (Å²) in [5.41, 5.74) is 1.51. The molecule has 2 N–H and O–H groups in total. The Kier molecular flexibility index (Phi) is 9.38. The van der Waals surface area contributed by atoms with Crippen molar-refractivity contribution in [3.63, 3.8) is 0 Å². The third-order valence-corrected chi connectivity index (χ3v) is 3.73. The Hall–Kier alpha value is -1.06. The summed E-state index contributed by atoms with van der Waals surface area (Å²) in [4.78, 5) is 0. The third-order valence-electron chi connectivity index (χ3n) is 3.73. The number of rotatable bonds is 6. The predicted octanol–water partition coefficient (Wildman–Crippen LogP) is 4.64. The molecule has 2 rings (SSSR count). The number of halogens is 2. The Morgan fingerprint density at radius 1 is 0.864 bits per heavy atom. The number of unbranched alkanes of at least 4 members (excludes halogenated alkanes) is 1. The number of hydrogen-bond acceptors (Lipinski definition) is 2. The zero-order chi connectivity index (χ0) is 14.4. The van der Waals surface area contributed by atoms with Crippen molar-refractivity contribution in [3.05, 3.63) is 71.8 Å². The summed E-state index contributed by atoms with van der Waals surface area (Å²) < 4.78 is 0. The van der Waals surface area contributed by atoms with E-state index in [1.54, 1.807) is 12.1 Å². The monoisotopic (exact) mass is 342 g/mol. The van der Waals surface area contributed by atoms with Crippen LogP contribution in [0.3, 0.4) is 0 Å². The molecule has 0 bridgehead atoms. The summed E-state index contributed by atoms with van der Waals surface area (Å²) in [6.45, 7) is 2.11. The highest BCUT2D eigenvalue weighted by molar-refractivity contribution is 5.85. The third kappa shape index (κ3) is 4.99. The molecule has 0 radical (unpaired) electrons. The second-order valence-electron chi connectivity index (χ2n) is 5.20. The van der Waals surface area contributed by atoms with Gasteiger partial charge in [0.05, 0.1) is 0 Å². The molecule has 22 heavy (non-hydrogen) atoms. The highest BCUT2D eigenvalue weighted by atomic mass is 35.5. The Balaban J connectivity index is 0.00000220. The minimum Gasteiger partial charge on any atom is -0.361 e. The van der Waals surface area contributed by atoms with E-state index in [0.29, 0.717) is 5.56 Å². The molecule has 0 aromatic heterocycles. The van der Waals surface area contributed by atoms with Crippen LogP contribution in [-0.4, -0.2) is 10.2 Å². The average Bonchev–Trinajstić information content (AvgIpc) is 2.49. The lowest BCUT2D eigenvalue weighted by Crippen LogP contribution is -2.33. The van der Waals surface area contributed by atoms with Gasteiger partial charge in [-0.05, 0) is 12.0 Å². The first-order valence-corrected chi connectivity index (χ1v) is 7.21. The van der Waals surface area contributed by atoms with Crippen LogP contribution in [0.25, 0.3) is 0 Å². The van der Waals surface area contributed by atoms with Gasteiger partial charge in [-0.2, -0.15) is 0 Å². The van der Waals surface area contributed by atoms with Crippen molar-refractivity contribution in [2.75, 3.05) is 0 Å². The van der Waals surface area contributed by atoms with Gasteiger partial charge in [-0.15, -0.1) is 24.8 Å². The molecule has 0 saturated heterocycles. The summed E-state index contributed by atoms with van der Waals surface area (Å²) in [5.74, 6) is -2.15. The molecule has 0 aliphatic rings. The van der Waals surface area contributed by atoms with Gasteiger partial charge in [-0.1, -0.05) is 80.4 Å². The molecule has 2 aromatic carbocycles. The fourth-order valence-corrected chi connectivity index (χ4v) is 2.58. The molecule has 2 nitrogen and oxygen atoms in total. The van der Waals surface area contributed by atoms with E-state index in [4.69, 9.17) is 0 Å². The lowest BCUT2D eigenvalue weighted by molar-refractivity contribution is -0.190. The molecule has 4 heteroatoms. The van der Waals surface area contributed by atoms with Gasteiger partial charge in [0, 0.05) is 11.5 Å². The molecule has 0 aliphatic heterocycles. The van der Waals surface area contributed by atoms with Gasteiger partial charge in [0.1, 0.15) is 0 Å². The van der Waals surface area contributed by atoms with E-state index in [9.17, 15) is 10.2 Å². The predicted molar refractivity (Wildman–Crippen MR) is 95.8 cm³/mol. The maximum absolute atomic E-state index is 10.7. The Labute approximate surface area is 145 Å². The van der Waals surface area contributed by atoms with Crippen LogP contribution in [0.4, 0.5) is 0 Å². The molecule has 0 saturated carbocycles. The maximum Gasteiger partial charge on any atom is 0.196 e. The maximum atomic E-state index is 10.7. The van der Waals surface area contributed by atoms with Crippen LogP contribution in [0.2, 0.25) is 0 Å². The quantitative estimate of drug-likeness (QED) is 0.750. The summed E-state index contributed by atoms with van der Waals surface area (Å²) in [5, 5.41) is 21.4. The lowest BCUT2D eigenvalue weighted by atomic mass is 9.82. The Morgan fingerprint density at radius 2 is 1.36 bits per heavy atom. The molecule has 122 valence electrons. The van der Waals surface area contributed by atoms with Gasteiger partial charge in [0.2, 0.25) is 0 Å². The van der Waals surface area contributed by atoms with Gasteiger partial charge < -0.3 is 10.2 Å². The van der Waals surface area contributed by atoms with E-state index in [1.165, 1.54) is 0 Å². The summed E-state index contributed by atoms with van der Waals surface area (Å²) in [6, 6.07) is 18.8. The van der Waals surface area contributed by atoms with Crippen LogP contribution in [-0.2, 0) is 5.79 Å². The van der Waals surface area contributed by atoms with Crippen molar-refractivity contribution in [1.82, 2.24) is 0 Å². The average molecular weight is 343 g/mol. The largest absolute Gasteiger partial charge is 0.361 e. The molecule has 0 amide bonds. The lowest BCUT2D eigenvalue weighted by Gasteiger charge is -2.32. The van der Waals surface area contributed by atoms with Gasteiger partial charge in [0.15, 0.2) is 5.79 Å². The molecule has 2 aromatic rings. The van der Waals surface area contributed by atoms with Crippen molar-refractivity contribution in [1.29, 1.82) is 0 Å². The molecule has 1 unspecified atom stereocenters. The van der Waals surface area contributed by atoms with Crippen LogP contribution in [0.1, 0.15) is 43.2 Å². The standard InChI is InChI=1S/C18H22O2.2ClH/c1-2-3-14-17(15-10-6-4-7-11-15)18(19,20)16-12-8-5-9-13-16;;/h4-13,17,19-20H,2-3,14H2,1H3;2*1H. The van der Waals surface area contributed by atoms with Crippen LogP contribution in [0.15, 0.2) is 60.7 Å². The van der Waals surface area contributed by atoms with Gasteiger partial charge in [-0.25, -0.2) is 0 Å². The fourth-order valence-electron chi connectivity index (χ4n) is 2.58. The van der Waals surface area contributed by atoms with E-state index >= 15 is 0 Å². The minimum absolute atomic E-state index is 0. The molecule has 0 aliphatic carbocycles. The molecule has 0 spiro atoms. The summed E-state index contributed by atoms with van der Waals surface area (Å²) in [7, 11) is 0. The molecule has 0 heterocycles. The van der Waals surface area contributed by atoms with Crippen LogP contribution >= 0.6 is 24.8 Å². The van der Waals surface area contributed by atoms with E-state index in [-0.39, 0.29) is 30.7 Å². The van der Waals surface area contributed by atoms with E-state index < -0.39 is 5.79 Å². The number of hydrogen-bond donors (Lipinski definition) is 2. The van der Waals surface area contributed by atoms with Crippen molar-refractivity contribution in [2.45, 2.75) is 37.9 Å². The van der Waals surface area contributed by atoms with Crippen LogP contribution in [0.5, 0.6) is 0 Å². The molecular formula is C18H24Cl2O2. The first-order chi connectivity index (χ1) is 9.66. The zero-order valence-corrected chi connectivity index (χ0v) is 14.3. The highest BCUT2D eigenvalue weighted by Crippen LogP contribution is 2.38. The van der Waals surface area contributed by atoms with Crippen LogP contribution in [0, 0.1) is 0 Å². The Morgan fingerprint density at radius 3 is 1.86 bits per heavy atom. The molecular weight excluding hydrogens is 319 g/mol. The van der Waals surface area contributed by atoms with Gasteiger partial charge >= 0.3 is 0 Å². The fraction of sp³-hybridized carbons (Fsp3) is 0.333. The summed E-state index contributed by atoms with van der Waals surface area (Å²) >= 11 is 0. The minimum atomic E-state index is -1.84. The molecule has 1 atom stereocenters. The van der Waals surface area contributed by atoms with Crippen molar-refractivity contribution < 1.29 is 10.2 Å². The Bertz CT molecular complexity index is 515. The first-order valence-electron chi connectivity index (χ1n) is 7.21. The van der Waals surface area contributed by atoms with Crippen LogP contribution < -0.4 is 0 Å². The normalized spacial score (nSPS) is 12.0. The van der Waals surface area contributed by atoms with Crippen molar-refractivity contribution >= 4 is 24.8 Å². The zero-order valence-electron chi connectivity index (χ0n) is 12.7. The van der Waals surface area contributed by atoms with Gasteiger partial charge in [0.25, 0.3) is 0 Å². The first kappa shape index (κ1) is 20.9. The molecule has 0 fully saturated rings. The summed E-state index contributed by atoms with van der Waals surface area (Å²) in [6.07, 6.45) is 2.76. The van der Waals surface area contributed by atoms with E-state index in [1.807, 2.05) is 48.5 Å². The van der Waals surface area contributed by atoms with E-state index in [0.717, 1.165) is 24.8 Å².